The second-order valence-corrected chi connectivity index (χ2v) is 8.67. The summed E-state index contributed by atoms with van der Waals surface area (Å²) in [6.45, 7) is 4.32. The Labute approximate surface area is 188 Å². The molecule has 0 radical (unpaired) electrons. The van der Waals surface area contributed by atoms with E-state index in [2.05, 4.69) is 29.6 Å². The molecule has 0 unspecified atom stereocenters. The Bertz CT molecular complexity index is 1340. The molecule has 5 rings (SSSR count). The molecule has 1 aliphatic rings. The van der Waals surface area contributed by atoms with Crippen LogP contribution >= 0.6 is 0 Å². The fourth-order valence-corrected chi connectivity index (χ4v) is 4.96. The maximum Gasteiger partial charge on any atom is 0.282 e. The summed E-state index contributed by atoms with van der Waals surface area (Å²) < 4.78 is 3.89. The third-order valence-corrected chi connectivity index (χ3v) is 6.56. The molecule has 4 aromatic rings. The van der Waals surface area contributed by atoms with E-state index < -0.39 is 0 Å². The largest absolute Gasteiger partial charge is 0.345 e. The zero-order valence-electron chi connectivity index (χ0n) is 18.7. The Morgan fingerprint density at radius 1 is 0.969 bits per heavy atom. The molecule has 5 heteroatoms. The molecule has 32 heavy (non-hydrogen) atoms. The van der Waals surface area contributed by atoms with E-state index in [0.29, 0.717) is 22.8 Å². The van der Waals surface area contributed by atoms with Crippen molar-refractivity contribution in [1.82, 2.24) is 14.2 Å². The lowest BCUT2D eigenvalue weighted by Crippen LogP contribution is -2.20. The van der Waals surface area contributed by atoms with Crippen LogP contribution in [0.15, 0.2) is 70.6 Å². The number of benzene rings is 2. The van der Waals surface area contributed by atoms with E-state index in [0.717, 1.165) is 11.1 Å². The molecule has 0 aliphatic heterocycles. The van der Waals surface area contributed by atoms with E-state index in [1.54, 1.807) is 6.07 Å². The van der Waals surface area contributed by atoms with Gasteiger partial charge in [0, 0.05) is 28.6 Å². The quantitative estimate of drug-likeness (QED) is 0.385. The van der Waals surface area contributed by atoms with Gasteiger partial charge in [-0.25, -0.2) is 4.98 Å². The minimum Gasteiger partial charge on any atom is -0.345 e. The molecule has 0 saturated heterocycles. The van der Waals surface area contributed by atoms with Gasteiger partial charge in [-0.15, -0.1) is 0 Å². The van der Waals surface area contributed by atoms with Crippen molar-refractivity contribution in [2.45, 2.75) is 52.0 Å². The van der Waals surface area contributed by atoms with Crippen LogP contribution < -0.4 is 5.56 Å². The van der Waals surface area contributed by atoms with E-state index >= 15 is 0 Å². The van der Waals surface area contributed by atoms with Crippen LogP contribution in [0, 0.1) is 13.8 Å². The summed E-state index contributed by atoms with van der Waals surface area (Å²) in [5, 5.41) is 5.23. The van der Waals surface area contributed by atoms with Crippen molar-refractivity contribution in [2.24, 2.45) is 5.10 Å². The summed E-state index contributed by atoms with van der Waals surface area (Å²) in [5.41, 5.74) is 4.89. The maximum atomic E-state index is 13.4. The molecule has 1 saturated carbocycles. The fraction of sp³-hybridized carbons (Fsp3) is 0.296. The standard InChI is InChI=1S/C27H28N4O/c1-19-17-22(20(2)30(19)23-13-7-4-8-14-23)18-28-31-26(21-11-5-3-6-12-21)29-25-16-10-9-15-24(25)27(31)32/h3,5-6,9-12,15-18,23H,4,7-8,13-14H2,1-2H3. The van der Waals surface area contributed by atoms with E-state index in [1.807, 2.05) is 54.7 Å². The predicted molar refractivity (Wildman–Crippen MR) is 130 cm³/mol. The van der Waals surface area contributed by atoms with Crippen molar-refractivity contribution in [3.63, 3.8) is 0 Å². The van der Waals surface area contributed by atoms with Crippen LogP contribution in [0.2, 0.25) is 0 Å². The molecule has 2 heterocycles. The summed E-state index contributed by atoms with van der Waals surface area (Å²) in [4.78, 5) is 18.1. The lowest BCUT2D eigenvalue weighted by molar-refractivity contribution is 0.346. The minimum absolute atomic E-state index is 0.160. The molecule has 0 bridgehead atoms. The summed E-state index contributed by atoms with van der Waals surface area (Å²) in [7, 11) is 0. The number of fused-ring (bicyclic) bond motifs is 1. The highest BCUT2D eigenvalue weighted by Crippen LogP contribution is 2.32. The van der Waals surface area contributed by atoms with Crippen molar-refractivity contribution < 1.29 is 0 Å². The van der Waals surface area contributed by atoms with Gasteiger partial charge in [0.15, 0.2) is 5.82 Å². The van der Waals surface area contributed by atoms with Crippen molar-refractivity contribution in [3.05, 3.63) is 88.0 Å². The first-order valence-electron chi connectivity index (χ1n) is 11.4. The molecular weight excluding hydrogens is 396 g/mol. The fourth-order valence-electron chi connectivity index (χ4n) is 4.96. The van der Waals surface area contributed by atoms with Gasteiger partial charge in [-0.05, 0) is 44.9 Å². The lowest BCUT2D eigenvalue weighted by atomic mass is 9.95. The number of aromatic nitrogens is 3. The maximum absolute atomic E-state index is 13.4. The Hall–Kier alpha value is -3.47. The Morgan fingerprint density at radius 2 is 1.69 bits per heavy atom. The van der Waals surface area contributed by atoms with E-state index in [4.69, 9.17) is 4.98 Å². The van der Waals surface area contributed by atoms with Crippen LogP contribution in [0.3, 0.4) is 0 Å². The molecule has 0 amide bonds. The number of rotatable bonds is 4. The highest BCUT2D eigenvalue weighted by molar-refractivity contribution is 5.83. The first kappa shape index (κ1) is 20.4. The molecule has 2 aromatic carbocycles. The van der Waals surface area contributed by atoms with E-state index in [-0.39, 0.29) is 5.56 Å². The zero-order chi connectivity index (χ0) is 22.1. The Morgan fingerprint density at radius 3 is 2.47 bits per heavy atom. The minimum atomic E-state index is -0.160. The molecular formula is C27H28N4O. The number of nitrogens with zero attached hydrogens (tertiary/aromatic N) is 4. The van der Waals surface area contributed by atoms with Gasteiger partial charge in [-0.2, -0.15) is 9.78 Å². The molecule has 162 valence electrons. The van der Waals surface area contributed by atoms with Crippen molar-refractivity contribution in [1.29, 1.82) is 0 Å². The summed E-state index contributed by atoms with van der Waals surface area (Å²) in [6, 6.07) is 19.9. The molecule has 5 nitrogen and oxygen atoms in total. The summed E-state index contributed by atoms with van der Waals surface area (Å²) in [6.07, 6.45) is 8.21. The molecule has 1 aliphatic carbocycles. The first-order chi connectivity index (χ1) is 15.6. The van der Waals surface area contributed by atoms with Crippen LogP contribution in [0.1, 0.15) is 55.1 Å². The SMILES string of the molecule is Cc1cc(C=Nn2c(-c3ccccc3)nc3ccccc3c2=O)c(C)n1C1CCCCC1. The number of hydrogen-bond donors (Lipinski definition) is 0. The van der Waals surface area contributed by atoms with Gasteiger partial charge in [0.25, 0.3) is 5.56 Å². The van der Waals surface area contributed by atoms with Crippen LogP contribution in [0.5, 0.6) is 0 Å². The molecule has 0 atom stereocenters. The monoisotopic (exact) mass is 424 g/mol. The highest BCUT2D eigenvalue weighted by Gasteiger charge is 2.20. The number of aryl methyl sites for hydroxylation is 1. The molecule has 2 aromatic heterocycles. The molecule has 0 spiro atoms. The van der Waals surface area contributed by atoms with Crippen LogP contribution in [-0.2, 0) is 0 Å². The zero-order valence-corrected chi connectivity index (χ0v) is 18.7. The van der Waals surface area contributed by atoms with Gasteiger partial charge in [0.2, 0.25) is 0 Å². The lowest BCUT2D eigenvalue weighted by Gasteiger charge is -2.26. The van der Waals surface area contributed by atoms with Gasteiger partial charge in [0.1, 0.15) is 0 Å². The highest BCUT2D eigenvalue weighted by atomic mass is 16.1. The number of para-hydroxylation sites is 1. The normalized spacial score (nSPS) is 15.1. The van der Waals surface area contributed by atoms with Gasteiger partial charge < -0.3 is 4.57 Å². The van der Waals surface area contributed by atoms with E-state index in [9.17, 15) is 4.79 Å². The molecule has 0 N–H and O–H groups in total. The third kappa shape index (κ3) is 3.68. The predicted octanol–water partition coefficient (Wildman–Crippen LogP) is 5.87. The van der Waals surface area contributed by atoms with Gasteiger partial charge in [0.05, 0.1) is 17.1 Å². The van der Waals surface area contributed by atoms with Gasteiger partial charge in [-0.3, -0.25) is 4.79 Å². The van der Waals surface area contributed by atoms with E-state index in [1.165, 1.54) is 48.2 Å². The first-order valence-corrected chi connectivity index (χ1v) is 11.4. The summed E-state index contributed by atoms with van der Waals surface area (Å²) in [5.74, 6) is 0.548. The van der Waals surface area contributed by atoms with Crippen molar-refractivity contribution >= 4 is 17.1 Å². The van der Waals surface area contributed by atoms with Crippen LogP contribution in [0.25, 0.3) is 22.3 Å². The van der Waals surface area contributed by atoms with Crippen molar-refractivity contribution in [3.8, 4) is 11.4 Å². The smallest absolute Gasteiger partial charge is 0.282 e. The van der Waals surface area contributed by atoms with Crippen LogP contribution in [-0.4, -0.2) is 20.4 Å². The number of hydrogen-bond acceptors (Lipinski definition) is 3. The van der Waals surface area contributed by atoms with Crippen molar-refractivity contribution in [2.75, 3.05) is 0 Å². The van der Waals surface area contributed by atoms with Gasteiger partial charge in [-0.1, -0.05) is 61.7 Å². The molecule has 1 fully saturated rings. The third-order valence-electron chi connectivity index (χ3n) is 6.56. The Kier molecular flexibility index (Phi) is 5.48. The Balaban J connectivity index is 1.61. The van der Waals surface area contributed by atoms with Crippen LogP contribution in [0.4, 0.5) is 0 Å². The summed E-state index contributed by atoms with van der Waals surface area (Å²) >= 11 is 0. The average molecular weight is 425 g/mol. The second-order valence-electron chi connectivity index (χ2n) is 8.67. The topological polar surface area (TPSA) is 52.2 Å². The average Bonchev–Trinajstić information content (AvgIpc) is 3.12. The second kappa shape index (κ2) is 8.58. The van der Waals surface area contributed by atoms with Gasteiger partial charge >= 0.3 is 0 Å².